The molecule has 0 fully saturated rings. The van der Waals surface area contributed by atoms with E-state index in [9.17, 15) is 9.59 Å². The molecule has 1 aliphatic rings. The van der Waals surface area contributed by atoms with Crippen LogP contribution in [0.5, 0.6) is 0 Å². The van der Waals surface area contributed by atoms with Crippen molar-refractivity contribution in [3.63, 3.8) is 0 Å². The van der Waals surface area contributed by atoms with E-state index in [1.807, 2.05) is 48.7 Å². The standard InChI is InChI=1S/C25H26N6O2/c26-23(32)16-31-22-10-11-30(14-18-13-27-21-9-5-4-8-19(18)21)15-20(22)24(29-31)25(33)28-12-17-6-2-1-3-7-17/h1-9,13,27H,10-12,14-16H2,(H2,26,32)(H,28,33). The van der Waals surface area contributed by atoms with Crippen molar-refractivity contribution in [2.45, 2.75) is 32.6 Å². The Kier molecular flexibility index (Phi) is 5.66. The Hall–Kier alpha value is -3.91. The normalized spacial score (nSPS) is 13.7. The number of nitrogens with one attached hydrogen (secondary N) is 2. The molecular weight excluding hydrogens is 416 g/mol. The predicted octanol–water partition coefficient (Wildman–Crippen LogP) is 2.34. The van der Waals surface area contributed by atoms with Crippen LogP contribution in [0.2, 0.25) is 0 Å². The molecule has 0 bridgehead atoms. The average Bonchev–Trinajstić information content (AvgIpc) is 3.39. The Morgan fingerprint density at radius 2 is 1.88 bits per heavy atom. The van der Waals surface area contributed by atoms with Crippen molar-refractivity contribution in [3.8, 4) is 0 Å². The van der Waals surface area contributed by atoms with Gasteiger partial charge in [-0.25, -0.2) is 0 Å². The van der Waals surface area contributed by atoms with Gasteiger partial charge >= 0.3 is 0 Å². The Balaban J connectivity index is 1.38. The summed E-state index contributed by atoms with van der Waals surface area (Å²) in [4.78, 5) is 30.3. The van der Waals surface area contributed by atoms with E-state index < -0.39 is 5.91 Å². The smallest absolute Gasteiger partial charge is 0.272 e. The molecule has 0 spiro atoms. The van der Waals surface area contributed by atoms with Crippen LogP contribution in [0.4, 0.5) is 0 Å². The number of nitrogens with two attached hydrogens (primary N) is 1. The molecule has 1 aliphatic heterocycles. The minimum Gasteiger partial charge on any atom is -0.368 e. The monoisotopic (exact) mass is 442 g/mol. The maximum atomic E-state index is 13.1. The zero-order valence-electron chi connectivity index (χ0n) is 18.3. The van der Waals surface area contributed by atoms with Crippen LogP contribution in [-0.4, -0.2) is 38.0 Å². The molecule has 8 heteroatoms. The van der Waals surface area contributed by atoms with Gasteiger partial charge in [0.2, 0.25) is 5.91 Å². The third-order valence-corrected chi connectivity index (χ3v) is 6.10. The van der Waals surface area contributed by atoms with Crippen LogP contribution in [0.15, 0.2) is 60.8 Å². The Labute approximate surface area is 191 Å². The molecular formula is C25H26N6O2. The summed E-state index contributed by atoms with van der Waals surface area (Å²) < 4.78 is 1.60. The second-order valence-electron chi connectivity index (χ2n) is 8.39. The third kappa shape index (κ3) is 4.38. The van der Waals surface area contributed by atoms with Crippen molar-refractivity contribution in [2.24, 2.45) is 5.73 Å². The number of para-hydroxylation sites is 1. The number of rotatable bonds is 7. The van der Waals surface area contributed by atoms with E-state index in [2.05, 4.69) is 32.4 Å². The first-order chi connectivity index (χ1) is 16.1. The average molecular weight is 443 g/mol. The van der Waals surface area contributed by atoms with Gasteiger partial charge in [-0.2, -0.15) is 5.10 Å². The molecule has 168 valence electrons. The first kappa shape index (κ1) is 21.0. The minimum absolute atomic E-state index is 0.0310. The molecule has 0 aliphatic carbocycles. The quantitative estimate of drug-likeness (QED) is 0.408. The van der Waals surface area contributed by atoms with Crippen LogP contribution in [0.25, 0.3) is 10.9 Å². The summed E-state index contributed by atoms with van der Waals surface area (Å²) in [6.45, 7) is 2.53. The number of carbonyl (C=O) groups excluding carboxylic acids is 2. The molecule has 2 amide bonds. The number of amides is 2. The highest BCUT2D eigenvalue weighted by Gasteiger charge is 2.28. The zero-order valence-corrected chi connectivity index (χ0v) is 18.3. The molecule has 4 N–H and O–H groups in total. The summed E-state index contributed by atoms with van der Waals surface area (Å²) >= 11 is 0. The summed E-state index contributed by atoms with van der Waals surface area (Å²) in [5.41, 5.74) is 10.9. The molecule has 33 heavy (non-hydrogen) atoms. The number of aromatic nitrogens is 3. The fourth-order valence-corrected chi connectivity index (χ4v) is 4.51. The van der Waals surface area contributed by atoms with Gasteiger partial charge in [0.25, 0.3) is 5.91 Å². The van der Waals surface area contributed by atoms with Gasteiger partial charge in [-0.15, -0.1) is 0 Å². The molecule has 2 aromatic carbocycles. The third-order valence-electron chi connectivity index (χ3n) is 6.10. The topological polar surface area (TPSA) is 109 Å². The van der Waals surface area contributed by atoms with Crippen LogP contribution in [-0.2, 0) is 37.4 Å². The Morgan fingerprint density at radius 1 is 1.09 bits per heavy atom. The van der Waals surface area contributed by atoms with Crippen LogP contribution in [0.3, 0.4) is 0 Å². The fourth-order valence-electron chi connectivity index (χ4n) is 4.51. The molecule has 5 rings (SSSR count). The zero-order chi connectivity index (χ0) is 22.8. The molecule has 0 unspecified atom stereocenters. The predicted molar refractivity (Wildman–Crippen MR) is 125 cm³/mol. The van der Waals surface area contributed by atoms with Gasteiger partial charge in [-0.1, -0.05) is 48.5 Å². The molecule has 4 aromatic rings. The summed E-state index contributed by atoms with van der Waals surface area (Å²) in [6.07, 6.45) is 2.74. The number of benzene rings is 2. The van der Waals surface area contributed by atoms with Gasteiger partial charge in [0, 0.05) is 61.0 Å². The van der Waals surface area contributed by atoms with E-state index in [0.29, 0.717) is 25.2 Å². The maximum Gasteiger partial charge on any atom is 0.272 e. The highest BCUT2D eigenvalue weighted by atomic mass is 16.2. The SMILES string of the molecule is NC(=O)Cn1nc(C(=O)NCc2ccccc2)c2c1CCN(Cc1c[nH]c3ccccc13)C2. The molecule has 0 saturated heterocycles. The molecule has 0 saturated carbocycles. The summed E-state index contributed by atoms with van der Waals surface area (Å²) in [5, 5.41) is 8.66. The molecule has 3 heterocycles. The number of aromatic amines is 1. The number of primary amides is 1. The van der Waals surface area contributed by atoms with E-state index in [4.69, 9.17) is 5.73 Å². The highest BCUT2D eigenvalue weighted by molar-refractivity contribution is 5.94. The molecule has 2 aromatic heterocycles. The number of hydrogen-bond donors (Lipinski definition) is 3. The minimum atomic E-state index is -0.474. The second-order valence-corrected chi connectivity index (χ2v) is 8.39. The lowest BCUT2D eigenvalue weighted by atomic mass is 10.0. The van der Waals surface area contributed by atoms with Crippen molar-refractivity contribution >= 4 is 22.7 Å². The van der Waals surface area contributed by atoms with Crippen LogP contribution < -0.4 is 11.1 Å². The van der Waals surface area contributed by atoms with Crippen molar-refractivity contribution in [2.75, 3.05) is 6.54 Å². The van der Waals surface area contributed by atoms with Crippen LogP contribution in [0, 0.1) is 0 Å². The molecule has 0 radical (unpaired) electrons. The summed E-state index contributed by atoms with van der Waals surface area (Å²) in [7, 11) is 0. The second kappa shape index (κ2) is 8.91. The number of fused-ring (bicyclic) bond motifs is 2. The van der Waals surface area contributed by atoms with Crippen molar-refractivity contribution in [1.82, 2.24) is 25.0 Å². The summed E-state index contributed by atoms with van der Waals surface area (Å²) in [6, 6.07) is 18.0. The van der Waals surface area contributed by atoms with Crippen molar-refractivity contribution in [3.05, 3.63) is 88.9 Å². The lowest BCUT2D eigenvalue weighted by Crippen LogP contribution is -2.32. The molecule has 8 nitrogen and oxygen atoms in total. The van der Waals surface area contributed by atoms with Gasteiger partial charge in [-0.05, 0) is 17.2 Å². The van der Waals surface area contributed by atoms with Crippen LogP contribution >= 0.6 is 0 Å². The lowest BCUT2D eigenvalue weighted by Gasteiger charge is -2.27. The first-order valence-corrected chi connectivity index (χ1v) is 11.0. The van der Waals surface area contributed by atoms with Gasteiger partial charge < -0.3 is 16.0 Å². The van der Waals surface area contributed by atoms with Crippen molar-refractivity contribution < 1.29 is 9.59 Å². The highest BCUT2D eigenvalue weighted by Crippen LogP contribution is 2.26. The first-order valence-electron chi connectivity index (χ1n) is 11.0. The largest absolute Gasteiger partial charge is 0.368 e. The summed E-state index contributed by atoms with van der Waals surface area (Å²) in [5.74, 6) is -0.718. The molecule has 0 atom stereocenters. The number of hydrogen-bond acceptors (Lipinski definition) is 4. The van der Waals surface area contributed by atoms with Gasteiger partial charge in [-0.3, -0.25) is 19.2 Å². The Bertz CT molecular complexity index is 1310. The van der Waals surface area contributed by atoms with E-state index >= 15 is 0 Å². The van der Waals surface area contributed by atoms with Gasteiger partial charge in [0.15, 0.2) is 5.69 Å². The fraction of sp³-hybridized carbons (Fsp3) is 0.240. The van der Waals surface area contributed by atoms with Crippen molar-refractivity contribution in [1.29, 1.82) is 0 Å². The van der Waals surface area contributed by atoms with E-state index in [1.165, 1.54) is 10.9 Å². The van der Waals surface area contributed by atoms with Crippen LogP contribution in [0.1, 0.15) is 32.9 Å². The van der Waals surface area contributed by atoms with E-state index in [0.717, 1.165) is 35.4 Å². The number of nitrogens with zero attached hydrogens (tertiary/aromatic N) is 3. The van der Waals surface area contributed by atoms with Gasteiger partial charge in [0.1, 0.15) is 6.54 Å². The maximum absolute atomic E-state index is 13.1. The lowest BCUT2D eigenvalue weighted by molar-refractivity contribution is -0.118. The number of H-pyrrole nitrogens is 1. The van der Waals surface area contributed by atoms with E-state index in [-0.39, 0.29) is 12.5 Å². The Morgan fingerprint density at radius 3 is 2.70 bits per heavy atom. The van der Waals surface area contributed by atoms with E-state index in [1.54, 1.807) is 4.68 Å². The number of carbonyl (C=O) groups is 2. The van der Waals surface area contributed by atoms with Gasteiger partial charge in [0.05, 0.1) is 0 Å².